The number of anilines is 2. The van der Waals surface area contributed by atoms with E-state index in [2.05, 4.69) is 10.0 Å². The van der Waals surface area contributed by atoms with Crippen LogP contribution in [0.15, 0.2) is 18.2 Å². The van der Waals surface area contributed by atoms with E-state index in [0.29, 0.717) is 5.69 Å². The van der Waals surface area contributed by atoms with Crippen molar-refractivity contribution in [1.29, 1.82) is 0 Å². The summed E-state index contributed by atoms with van der Waals surface area (Å²) in [6, 6.07) is 3.72. The first-order valence-corrected chi connectivity index (χ1v) is 8.44. The van der Waals surface area contributed by atoms with Gasteiger partial charge in [-0.2, -0.15) is 0 Å². The van der Waals surface area contributed by atoms with E-state index < -0.39 is 21.3 Å². The van der Waals surface area contributed by atoms with Gasteiger partial charge in [-0.05, 0) is 31.0 Å². The Balaban J connectivity index is 2.18. The van der Waals surface area contributed by atoms with Crippen LogP contribution in [0.3, 0.4) is 0 Å². The van der Waals surface area contributed by atoms with Crippen molar-refractivity contribution in [2.75, 3.05) is 22.8 Å². The number of hydrogen-bond acceptors (Lipinski definition) is 4. The lowest BCUT2D eigenvalue weighted by molar-refractivity contribution is -0.129. The molecule has 1 fully saturated rings. The van der Waals surface area contributed by atoms with Gasteiger partial charge >= 0.3 is 0 Å². The minimum atomic E-state index is -3.59. The lowest BCUT2D eigenvalue weighted by atomic mass is 9.68. The maximum Gasteiger partial charge on any atom is 0.231 e. The third-order valence-corrected chi connectivity index (χ3v) is 4.29. The van der Waals surface area contributed by atoms with Crippen LogP contribution in [0.5, 0.6) is 0 Å². The third-order valence-electron chi connectivity index (χ3n) is 3.70. The molecule has 1 aliphatic carbocycles. The number of benzene rings is 1. The third kappa shape index (κ3) is 3.51. The second kappa shape index (κ2) is 5.61. The molecule has 0 bridgehead atoms. The Labute approximate surface area is 123 Å². The van der Waals surface area contributed by atoms with E-state index in [1.165, 1.54) is 12.1 Å². The van der Waals surface area contributed by atoms with Gasteiger partial charge in [0.1, 0.15) is 5.82 Å². The van der Waals surface area contributed by atoms with Crippen LogP contribution in [0.4, 0.5) is 15.8 Å². The standard InChI is InChI=1S/C13H18FN3O3S/c1-21(19,20)17-11-7-9(3-4-10(11)14)16-12(18)13(8-15)5-2-6-13/h3-4,7,17H,2,5-6,8,15H2,1H3,(H,16,18). The fourth-order valence-electron chi connectivity index (χ4n) is 2.27. The molecule has 6 nitrogen and oxygen atoms in total. The summed E-state index contributed by atoms with van der Waals surface area (Å²) in [5, 5.41) is 2.67. The first-order chi connectivity index (χ1) is 9.76. The fraction of sp³-hybridized carbons (Fsp3) is 0.462. The smallest absolute Gasteiger partial charge is 0.231 e. The molecule has 0 spiro atoms. The molecule has 1 aromatic rings. The summed E-state index contributed by atoms with van der Waals surface area (Å²) in [5.74, 6) is -0.927. The Morgan fingerprint density at radius 3 is 2.57 bits per heavy atom. The molecule has 0 unspecified atom stereocenters. The van der Waals surface area contributed by atoms with Crippen LogP contribution in [0, 0.1) is 11.2 Å². The zero-order valence-electron chi connectivity index (χ0n) is 11.6. The van der Waals surface area contributed by atoms with Crippen molar-refractivity contribution < 1.29 is 17.6 Å². The summed E-state index contributed by atoms with van der Waals surface area (Å²) < 4.78 is 38.0. The summed E-state index contributed by atoms with van der Waals surface area (Å²) in [4.78, 5) is 12.2. The maximum absolute atomic E-state index is 13.6. The SMILES string of the molecule is CS(=O)(=O)Nc1cc(NC(=O)C2(CN)CCC2)ccc1F. The molecular formula is C13H18FN3O3S. The Morgan fingerprint density at radius 1 is 1.43 bits per heavy atom. The highest BCUT2D eigenvalue weighted by Gasteiger charge is 2.42. The van der Waals surface area contributed by atoms with Gasteiger partial charge < -0.3 is 11.1 Å². The minimum Gasteiger partial charge on any atom is -0.329 e. The minimum absolute atomic E-state index is 0.203. The molecule has 0 aliphatic heterocycles. The highest BCUT2D eigenvalue weighted by molar-refractivity contribution is 7.92. The van der Waals surface area contributed by atoms with Gasteiger partial charge in [0, 0.05) is 12.2 Å². The van der Waals surface area contributed by atoms with Gasteiger partial charge in [-0.1, -0.05) is 6.42 Å². The van der Waals surface area contributed by atoms with E-state index in [1.54, 1.807) is 0 Å². The molecule has 0 radical (unpaired) electrons. The van der Waals surface area contributed by atoms with Crippen LogP contribution < -0.4 is 15.8 Å². The first-order valence-electron chi connectivity index (χ1n) is 6.55. The molecule has 21 heavy (non-hydrogen) atoms. The van der Waals surface area contributed by atoms with Crippen LogP contribution >= 0.6 is 0 Å². The maximum atomic E-state index is 13.6. The van der Waals surface area contributed by atoms with E-state index in [-0.39, 0.29) is 18.1 Å². The molecular weight excluding hydrogens is 297 g/mol. The summed E-state index contributed by atoms with van der Waals surface area (Å²) in [7, 11) is -3.59. The van der Waals surface area contributed by atoms with E-state index in [9.17, 15) is 17.6 Å². The normalized spacial score (nSPS) is 16.9. The molecule has 2 rings (SSSR count). The second-order valence-electron chi connectivity index (χ2n) is 5.36. The zero-order chi connectivity index (χ0) is 15.7. The number of carbonyl (C=O) groups excluding carboxylic acids is 1. The zero-order valence-corrected chi connectivity index (χ0v) is 12.5. The van der Waals surface area contributed by atoms with E-state index >= 15 is 0 Å². The highest BCUT2D eigenvalue weighted by atomic mass is 32.2. The van der Waals surface area contributed by atoms with Gasteiger partial charge in [-0.3, -0.25) is 9.52 Å². The summed E-state index contributed by atoms with van der Waals surface area (Å²) in [6.07, 6.45) is 3.33. The molecule has 0 saturated heterocycles. The largest absolute Gasteiger partial charge is 0.329 e. The molecule has 0 heterocycles. The highest BCUT2D eigenvalue weighted by Crippen LogP contribution is 2.40. The predicted octanol–water partition coefficient (Wildman–Crippen LogP) is 1.26. The van der Waals surface area contributed by atoms with Crippen molar-refractivity contribution in [3.05, 3.63) is 24.0 Å². The number of hydrogen-bond donors (Lipinski definition) is 3. The van der Waals surface area contributed by atoms with Crippen molar-refractivity contribution in [3.63, 3.8) is 0 Å². The van der Waals surface area contributed by atoms with Crippen molar-refractivity contribution in [2.45, 2.75) is 19.3 Å². The molecule has 1 aliphatic rings. The van der Waals surface area contributed by atoms with Crippen LogP contribution in [-0.2, 0) is 14.8 Å². The lowest BCUT2D eigenvalue weighted by Gasteiger charge is -2.39. The number of nitrogens with two attached hydrogens (primary N) is 1. The number of nitrogens with one attached hydrogen (secondary N) is 2. The predicted molar refractivity (Wildman–Crippen MR) is 78.8 cm³/mol. The van der Waals surface area contributed by atoms with E-state index in [0.717, 1.165) is 31.6 Å². The molecule has 1 aromatic carbocycles. The van der Waals surface area contributed by atoms with E-state index in [1.807, 2.05) is 0 Å². The molecule has 4 N–H and O–H groups in total. The number of rotatable bonds is 5. The lowest BCUT2D eigenvalue weighted by Crippen LogP contribution is -2.47. The van der Waals surface area contributed by atoms with Crippen molar-refractivity contribution >= 4 is 27.3 Å². The fourth-order valence-corrected chi connectivity index (χ4v) is 2.83. The van der Waals surface area contributed by atoms with Gasteiger partial charge in [-0.15, -0.1) is 0 Å². The van der Waals surface area contributed by atoms with Gasteiger partial charge in [0.25, 0.3) is 0 Å². The van der Waals surface area contributed by atoms with Crippen molar-refractivity contribution in [2.24, 2.45) is 11.1 Å². The monoisotopic (exact) mass is 315 g/mol. The van der Waals surface area contributed by atoms with Gasteiger partial charge in [0.2, 0.25) is 15.9 Å². The number of sulfonamides is 1. The van der Waals surface area contributed by atoms with Gasteiger partial charge in [0.15, 0.2) is 0 Å². The molecule has 1 amide bonds. The summed E-state index contributed by atoms with van der Waals surface area (Å²) in [5.41, 5.74) is 5.21. The molecule has 8 heteroatoms. The Bertz CT molecular complexity index is 651. The molecule has 1 saturated carbocycles. The quantitative estimate of drug-likeness (QED) is 0.761. The average molecular weight is 315 g/mol. The summed E-state index contributed by atoms with van der Waals surface area (Å²) >= 11 is 0. The molecule has 0 aromatic heterocycles. The molecule has 0 atom stereocenters. The number of amides is 1. The Kier molecular flexibility index (Phi) is 4.20. The van der Waals surface area contributed by atoms with Crippen LogP contribution in [0.2, 0.25) is 0 Å². The first kappa shape index (κ1) is 15.7. The number of halogens is 1. The van der Waals surface area contributed by atoms with Crippen molar-refractivity contribution in [3.8, 4) is 0 Å². The molecule has 116 valence electrons. The number of carbonyl (C=O) groups is 1. The second-order valence-corrected chi connectivity index (χ2v) is 7.11. The Morgan fingerprint density at radius 2 is 2.10 bits per heavy atom. The van der Waals surface area contributed by atoms with Crippen LogP contribution in [0.1, 0.15) is 19.3 Å². The Hall–Kier alpha value is -1.67. The van der Waals surface area contributed by atoms with Gasteiger partial charge in [0.05, 0.1) is 17.4 Å². The average Bonchev–Trinajstić information content (AvgIpc) is 2.31. The van der Waals surface area contributed by atoms with Gasteiger partial charge in [-0.25, -0.2) is 12.8 Å². The van der Waals surface area contributed by atoms with E-state index in [4.69, 9.17) is 5.73 Å². The van der Waals surface area contributed by atoms with Crippen LogP contribution in [0.25, 0.3) is 0 Å². The van der Waals surface area contributed by atoms with Crippen molar-refractivity contribution in [1.82, 2.24) is 0 Å². The van der Waals surface area contributed by atoms with Crippen LogP contribution in [-0.4, -0.2) is 27.1 Å². The summed E-state index contributed by atoms with van der Waals surface area (Å²) in [6.45, 7) is 0.258. The topological polar surface area (TPSA) is 101 Å².